The maximum Gasteiger partial charge on any atom is 0.276 e. The van der Waals surface area contributed by atoms with E-state index in [0.29, 0.717) is 11.4 Å². The van der Waals surface area contributed by atoms with Gasteiger partial charge in [-0.2, -0.15) is 9.40 Å². The van der Waals surface area contributed by atoms with Crippen molar-refractivity contribution < 1.29 is 27.1 Å². The molecule has 4 rings (SSSR count). The van der Waals surface area contributed by atoms with Crippen LogP contribution in [0.15, 0.2) is 53.6 Å². The Balaban J connectivity index is 1.57. The molecule has 33 heavy (non-hydrogen) atoms. The van der Waals surface area contributed by atoms with Crippen molar-refractivity contribution in [2.75, 3.05) is 38.7 Å². The number of rotatable bonds is 6. The molecule has 1 amide bonds. The highest BCUT2D eigenvalue weighted by molar-refractivity contribution is 7.89. The van der Waals surface area contributed by atoms with Crippen LogP contribution in [-0.4, -0.2) is 61.8 Å². The van der Waals surface area contributed by atoms with Crippen LogP contribution in [0.4, 0.5) is 10.1 Å². The van der Waals surface area contributed by atoms with E-state index in [2.05, 4.69) is 10.4 Å². The van der Waals surface area contributed by atoms with Crippen molar-refractivity contribution in [3.05, 3.63) is 65.7 Å². The van der Waals surface area contributed by atoms with Crippen molar-refractivity contribution in [3.8, 4) is 11.4 Å². The quantitative estimate of drug-likeness (QED) is 0.589. The molecule has 9 nitrogen and oxygen atoms in total. The molecule has 1 aliphatic heterocycles. The number of halogens is 1. The first-order valence-corrected chi connectivity index (χ1v) is 11.6. The number of carbonyl (C=O) groups is 1. The summed E-state index contributed by atoms with van der Waals surface area (Å²) in [5, 5.41) is 6.88. The molecule has 1 aromatic heterocycles. The first kappa shape index (κ1) is 22.9. The monoisotopic (exact) mass is 474 g/mol. The summed E-state index contributed by atoms with van der Waals surface area (Å²) < 4.78 is 53.3. The highest BCUT2D eigenvalue weighted by Gasteiger charge is 2.29. The smallest absolute Gasteiger partial charge is 0.276 e. The summed E-state index contributed by atoms with van der Waals surface area (Å²) >= 11 is 0. The number of hydrogen-bond donors (Lipinski definition) is 1. The van der Waals surface area contributed by atoms with Crippen molar-refractivity contribution in [1.82, 2.24) is 14.1 Å². The van der Waals surface area contributed by atoms with Crippen molar-refractivity contribution in [1.29, 1.82) is 0 Å². The van der Waals surface area contributed by atoms with E-state index in [1.165, 1.54) is 16.8 Å². The van der Waals surface area contributed by atoms with Gasteiger partial charge in [0, 0.05) is 25.0 Å². The number of nitrogens with one attached hydrogen (secondary N) is 1. The summed E-state index contributed by atoms with van der Waals surface area (Å²) in [6.45, 7) is 2.69. The predicted octanol–water partition coefficient (Wildman–Crippen LogP) is 2.60. The summed E-state index contributed by atoms with van der Waals surface area (Å²) in [4.78, 5) is 12.2. The Morgan fingerprint density at radius 3 is 2.64 bits per heavy atom. The molecule has 0 bridgehead atoms. The number of ether oxygens (including phenoxy) is 2. The van der Waals surface area contributed by atoms with Gasteiger partial charge in [-0.15, -0.1) is 0 Å². The Bertz CT molecular complexity index is 1290. The number of amides is 1. The van der Waals surface area contributed by atoms with Crippen LogP contribution >= 0.6 is 0 Å². The lowest BCUT2D eigenvalue weighted by Crippen LogP contribution is -2.40. The highest BCUT2D eigenvalue weighted by atomic mass is 32.2. The van der Waals surface area contributed by atoms with Gasteiger partial charge in [0.1, 0.15) is 22.1 Å². The maximum atomic E-state index is 14.4. The van der Waals surface area contributed by atoms with E-state index in [4.69, 9.17) is 9.47 Å². The van der Waals surface area contributed by atoms with Crippen LogP contribution in [0, 0.1) is 12.7 Å². The lowest BCUT2D eigenvalue weighted by molar-refractivity contribution is 0.0729. The van der Waals surface area contributed by atoms with E-state index in [1.54, 1.807) is 19.4 Å². The highest BCUT2D eigenvalue weighted by Crippen LogP contribution is 2.25. The molecule has 0 saturated carbocycles. The van der Waals surface area contributed by atoms with E-state index in [-0.39, 0.29) is 37.7 Å². The molecule has 0 unspecified atom stereocenters. The number of hydrogen-bond acceptors (Lipinski definition) is 6. The minimum absolute atomic E-state index is 0.0977. The Morgan fingerprint density at radius 1 is 1.15 bits per heavy atom. The largest absolute Gasteiger partial charge is 0.494 e. The summed E-state index contributed by atoms with van der Waals surface area (Å²) in [6, 6.07) is 10.5. The Kier molecular flexibility index (Phi) is 6.45. The molecule has 174 valence electrons. The molecule has 0 aliphatic carbocycles. The van der Waals surface area contributed by atoms with Crippen LogP contribution in [0.3, 0.4) is 0 Å². The van der Waals surface area contributed by atoms with Gasteiger partial charge in [0.05, 0.1) is 20.3 Å². The molecule has 0 atom stereocenters. The molecule has 1 saturated heterocycles. The fraction of sp³-hybridized carbons (Fsp3) is 0.273. The second-order valence-electron chi connectivity index (χ2n) is 7.44. The van der Waals surface area contributed by atoms with E-state index in [9.17, 15) is 17.6 Å². The summed E-state index contributed by atoms with van der Waals surface area (Å²) in [5.41, 5.74) is 1.89. The summed E-state index contributed by atoms with van der Waals surface area (Å²) in [5.74, 6) is -0.871. The molecule has 11 heteroatoms. The second-order valence-corrected chi connectivity index (χ2v) is 9.34. The van der Waals surface area contributed by atoms with Crippen molar-refractivity contribution in [2.45, 2.75) is 11.8 Å². The lowest BCUT2D eigenvalue weighted by atomic mass is 10.2. The molecular weight excluding hydrogens is 451 g/mol. The molecule has 1 fully saturated rings. The molecule has 0 radical (unpaired) electrons. The maximum absolute atomic E-state index is 14.4. The van der Waals surface area contributed by atoms with Crippen LogP contribution < -0.4 is 10.1 Å². The van der Waals surface area contributed by atoms with Crippen LogP contribution in [0.5, 0.6) is 5.75 Å². The van der Waals surface area contributed by atoms with E-state index >= 15 is 0 Å². The van der Waals surface area contributed by atoms with Crippen LogP contribution in [0.25, 0.3) is 5.69 Å². The van der Waals surface area contributed by atoms with Gasteiger partial charge < -0.3 is 14.8 Å². The standard InChI is InChI=1S/C22H23FN4O5S/c1-15-3-6-20(31-2)19(13-15)27-8-7-18(25-27)22(28)24-16-4-5-17(23)21(14-16)33(29,30)26-9-11-32-12-10-26/h3-8,13-14H,9-12H2,1-2H3,(H,24,28). The average molecular weight is 475 g/mol. The third-order valence-corrected chi connectivity index (χ3v) is 7.09. The van der Waals surface area contributed by atoms with Gasteiger partial charge in [-0.05, 0) is 48.9 Å². The van der Waals surface area contributed by atoms with Crippen molar-refractivity contribution in [3.63, 3.8) is 0 Å². The third kappa shape index (κ3) is 4.75. The Morgan fingerprint density at radius 2 is 1.91 bits per heavy atom. The number of nitrogens with zero attached hydrogens (tertiary/aromatic N) is 3. The molecule has 3 aromatic rings. The van der Waals surface area contributed by atoms with Crippen molar-refractivity contribution in [2.24, 2.45) is 0 Å². The fourth-order valence-electron chi connectivity index (χ4n) is 3.46. The average Bonchev–Trinajstić information content (AvgIpc) is 3.31. The number of carbonyl (C=O) groups excluding carboxylic acids is 1. The third-order valence-electron chi connectivity index (χ3n) is 5.18. The van der Waals surface area contributed by atoms with Gasteiger partial charge in [-0.25, -0.2) is 17.5 Å². The minimum atomic E-state index is -4.07. The van der Waals surface area contributed by atoms with Crippen LogP contribution in [-0.2, 0) is 14.8 Å². The first-order chi connectivity index (χ1) is 15.8. The molecule has 2 aromatic carbocycles. The zero-order chi connectivity index (χ0) is 23.6. The lowest BCUT2D eigenvalue weighted by Gasteiger charge is -2.26. The number of sulfonamides is 1. The SMILES string of the molecule is COc1ccc(C)cc1-n1ccc(C(=O)Nc2ccc(F)c(S(=O)(=O)N3CCOCC3)c2)n1. The van der Waals surface area contributed by atoms with Crippen molar-refractivity contribution >= 4 is 21.6 Å². The van der Waals surface area contributed by atoms with Gasteiger partial charge >= 0.3 is 0 Å². The minimum Gasteiger partial charge on any atom is -0.494 e. The molecule has 1 aliphatic rings. The summed E-state index contributed by atoms with van der Waals surface area (Å²) in [7, 11) is -2.52. The molecule has 2 heterocycles. The number of aryl methyl sites for hydroxylation is 1. The van der Waals surface area contributed by atoms with Gasteiger partial charge in [0.2, 0.25) is 10.0 Å². The molecule has 1 N–H and O–H groups in total. The zero-order valence-electron chi connectivity index (χ0n) is 18.1. The Hall–Kier alpha value is -3.28. The fourth-order valence-corrected chi connectivity index (χ4v) is 4.96. The van der Waals surface area contributed by atoms with Gasteiger partial charge in [0.15, 0.2) is 5.69 Å². The van der Waals surface area contributed by atoms with E-state index in [0.717, 1.165) is 22.0 Å². The van der Waals surface area contributed by atoms with Gasteiger partial charge in [0.25, 0.3) is 5.91 Å². The van der Waals surface area contributed by atoms with Crippen LogP contribution in [0.2, 0.25) is 0 Å². The first-order valence-electron chi connectivity index (χ1n) is 10.2. The molecule has 0 spiro atoms. The predicted molar refractivity (Wildman–Crippen MR) is 119 cm³/mol. The number of methoxy groups -OCH3 is 1. The van der Waals surface area contributed by atoms with E-state index < -0.39 is 26.6 Å². The Labute approximate surface area is 190 Å². The normalized spacial score (nSPS) is 14.8. The van der Waals surface area contributed by atoms with Gasteiger partial charge in [-0.1, -0.05) is 6.07 Å². The zero-order valence-corrected chi connectivity index (χ0v) is 18.9. The molecular formula is C22H23FN4O5S. The summed E-state index contributed by atoms with van der Waals surface area (Å²) in [6.07, 6.45) is 1.62. The number of aromatic nitrogens is 2. The van der Waals surface area contributed by atoms with Crippen LogP contribution in [0.1, 0.15) is 16.1 Å². The topological polar surface area (TPSA) is 103 Å². The second kappa shape index (κ2) is 9.30. The number of benzene rings is 2. The number of morpholine rings is 1. The van der Waals surface area contributed by atoms with E-state index in [1.807, 2.05) is 19.1 Å². The van der Waals surface area contributed by atoms with Gasteiger partial charge in [-0.3, -0.25) is 4.79 Å². The number of anilines is 1.